The molecular weight excluding hydrogens is 216 g/mol. The number of nitrogens with one attached hydrogen (secondary N) is 2. The molecule has 3 N–H and O–H groups in total. The van der Waals surface area contributed by atoms with Gasteiger partial charge < -0.3 is 15.7 Å². The first-order valence-electron chi connectivity index (χ1n) is 5.98. The molecule has 2 unspecified atom stereocenters. The molecule has 17 heavy (non-hydrogen) atoms. The van der Waals surface area contributed by atoms with Crippen LogP contribution in [0.1, 0.15) is 15.9 Å². The van der Waals surface area contributed by atoms with E-state index in [1.807, 2.05) is 6.92 Å². The Balaban J connectivity index is 1.68. The van der Waals surface area contributed by atoms with Gasteiger partial charge in [0.1, 0.15) is 5.75 Å². The van der Waals surface area contributed by atoms with Gasteiger partial charge in [-0.05, 0) is 36.5 Å². The molecular formula is C13H16N2O2. The zero-order valence-corrected chi connectivity index (χ0v) is 9.73. The topological polar surface area (TPSA) is 61.4 Å². The van der Waals surface area contributed by atoms with Crippen molar-refractivity contribution in [3.8, 4) is 5.75 Å². The minimum absolute atomic E-state index is 0.0836. The second-order valence-electron chi connectivity index (χ2n) is 4.99. The van der Waals surface area contributed by atoms with Crippen molar-refractivity contribution < 1.29 is 9.90 Å². The predicted octanol–water partition coefficient (Wildman–Crippen LogP) is 0.648. The van der Waals surface area contributed by atoms with Gasteiger partial charge in [-0.3, -0.25) is 4.79 Å². The van der Waals surface area contributed by atoms with Crippen molar-refractivity contribution in [3.63, 3.8) is 0 Å². The van der Waals surface area contributed by atoms with Crippen LogP contribution in [0.3, 0.4) is 0 Å². The van der Waals surface area contributed by atoms with E-state index in [0.717, 1.165) is 18.7 Å². The number of phenols is 1. The van der Waals surface area contributed by atoms with Crippen molar-refractivity contribution in [3.05, 3.63) is 29.3 Å². The molecule has 1 aromatic rings. The second-order valence-corrected chi connectivity index (χ2v) is 4.99. The molecule has 1 saturated heterocycles. The summed E-state index contributed by atoms with van der Waals surface area (Å²) in [5, 5.41) is 15.9. The summed E-state index contributed by atoms with van der Waals surface area (Å²) in [4.78, 5) is 11.9. The van der Waals surface area contributed by atoms with Crippen LogP contribution in [0.15, 0.2) is 18.2 Å². The monoisotopic (exact) mass is 232 g/mol. The van der Waals surface area contributed by atoms with E-state index in [0.29, 0.717) is 23.4 Å². The quantitative estimate of drug-likeness (QED) is 0.701. The van der Waals surface area contributed by atoms with Gasteiger partial charge in [0.2, 0.25) is 0 Å². The molecule has 0 radical (unpaired) electrons. The number of rotatable bonds is 2. The number of fused-ring (bicyclic) bond motifs is 1. The van der Waals surface area contributed by atoms with Crippen LogP contribution in [-0.2, 0) is 0 Å². The zero-order chi connectivity index (χ0) is 12.0. The smallest absolute Gasteiger partial charge is 0.251 e. The lowest BCUT2D eigenvalue weighted by atomic mass is 10.1. The lowest BCUT2D eigenvalue weighted by Crippen LogP contribution is -2.32. The molecule has 1 saturated carbocycles. The van der Waals surface area contributed by atoms with Crippen LogP contribution < -0.4 is 10.6 Å². The van der Waals surface area contributed by atoms with Crippen molar-refractivity contribution in [1.29, 1.82) is 0 Å². The summed E-state index contributed by atoms with van der Waals surface area (Å²) in [5.74, 6) is 1.31. The average Bonchev–Trinajstić information content (AvgIpc) is 2.76. The number of hydrogen-bond donors (Lipinski definition) is 3. The summed E-state index contributed by atoms with van der Waals surface area (Å²) in [7, 11) is 0. The summed E-state index contributed by atoms with van der Waals surface area (Å²) >= 11 is 0. The first-order chi connectivity index (χ1) is 8.16. The summed E-state index contributed by atoms with van der Waals surface area (Å²) < 4.78 is 0. The van der Waals surface area contributed by atoms with Crippen LogP contribution in [0.5, 0.6) is 5.75 Å². The van der Waals surface area contributed by atoms with Crippen molar-refractivity contribution in [2.24, 2.45) is 11.8 Å². The number of hydrogen-bond acceptors (Lipinski definition) is 3. The molecule has 0 spiro atoms. The molecule has 0 bridgehead atoms. The molecule has 4 nitrogen and oxygen atoms in total. The van der Waals surface area contributed by atoms with Gasteiger partial charge in [0.25, 0.3) is 5.91 Å². The fraction of sp³-hybridized carbons (Fsp3) is 0.462. The largest absolute Gasteiger partial charge is 0.508 e. The number of aryl methyl sites for hydroxylation is 1. The fourth-order valence-corrected chi connectivity index (χ4v) is 2.62. The van der Waals surface area contributed by atoms with Gasteiger partial charge in [-0.2, -0.15) is 0 Å². The number of phenolic OH excluding ortho intramolecular Hbond substituents is 1. The van der Waals surface area contributed by atoms with E-state index in [9.17, 15) is 9.90 Å². The predicted molar refractivity (Wildman–Crippen MR) is 63.9 cm³/mol. The summed E-state index contributed by atoms with van der Waals surface area (Å²) in [6, 6.07) is 5.37. The number of carbonyl (C=O) groups excluding carboxylic acids is 1. The van der Waals surface area contributed by atoms with Gasteiger partial charge >= 0.3 is 0 Å². The van der Waals surface area contributed by atoms with Gasteiger partial charge in [-0.25, -0.2) is 0 Å². The number of benzene rings is 1. The van der Waals surface area contributed by atoms with E-state index >= 15 is 0 Å². The number of amides is 1. The van der Waals surface area contributed by atoms with Crippen LogP contribution >= 0.6 is 0 Å². The van der Waals surface area contributed by atoms with E-state index < -0.39 is 0 Å². The fourth-order valence-electron chi connectivity index (χ4n) is 2.62. The normalized spacial score (nSPS) is 29.8. The summed E-state index contributed by atoms with van der Waals surface area (Å²) in [5.41, 5.74) is 1.32. The Morgan fingerprint density at radius 3 is 2.76 bits per heavy atom. The molecule has 1 amide bonds. The Kier molecular flexibility index (Phi) is 2.33. The maximum Gasteiger partial charge on any atom is 0.251 e. The van der Waals surface area contributed by atoms with E-state index in [4.69, 9.17) is 0 Å². The van der Waals surface area contributed by atoms with E-state index in [2.05, 4.69) is 10.6 Å². The number of aromatic hydroxyl groups is 1. The van der Waals surface area contributed by atoms with Crippen LogP contribution in [0.4, 0.5) is 0 Å². The first-order valence-corrected chi connectivity index (χ1v) is 5.98. The molecule has 2 fully saturated rings. The van der Waals surface area contributed by atoms with E-state index in [1.54, 1.807) is 12.1 Å². The van der Waals surface area contributed by atoms with Gasteiger partial charge in [0.05, 0.1) is 0 Å². The Labute approximate surface area is 100 Å². The maximum absolute atomic E-state index is 11.9. The third kappa shape index (κ3) is 1.78. The molecule has 0 aromatic heterocycles. The Bertz CT molecular complexity index is 462. The Morgan fingerprint density at radius 1 is 1.41 bits per heavy atom. The van der Waals surface area contributed by atoms with Crippen LogP contribution in [0, 0.1) is 18.8 Å². The van der Waals surface area contributed by atoms with Gasteiger partial charge in [-0.15, -0.1) is 0 Å². The van der Waals surface area contributed by atoms with Crippen LogP contribution in [-0.4, -0.2) is 30.1 Å². The second kappa shape index (κ2) is 3.74. The molecule has 1 aliphatic heterocycles. The van der Waals surface area contributed by atoms with Gasteiger partial charge in [0, 0.05) is 24.7 Å². The molecule has 90 valence electrons. The third-order valence-electron chi connectivity index (χ3n) is 3.86. The summed E-state index contributed by atoms with van der Waals surface area (Å²) in [6.07, 6.45) is 0. The summed E-state index contributed by atoms with van der Waals surface area (Å²) in [6.45, 7) is 3.83. The Morgan fingerprint density at radius 2 is 2.12 bits per heavy atom. The molecule has 2 atom stereocenters. The van der Waals surface area contributed by atoms with Gasteiger partial charge in [-0.1, -0.05) is 6.07 Å². The highest BCUT2D eigenvalue weighted by molar-refractivity contribution is 5.95. The first kappa shape index (κ1) is 10.6. The molecule has 1 heterocycles. The average molecular weight is 232 g/mol. The minimum atomic E-state index is -0.0836. The SMILES string of the molecule is Cc1ccc(C(=O)NC2C3CNCC32)cc1O. The molecule has 2 aliphatic rings. The standard InChI is InChI=1S/C13H16N2O2/c1-7-2-3-8(4-11(7)16)13(17)15-12-9-5-14-6-10(9)12/h2-4,9-10,12,14,16H,5-6H2,1H3,(H,15,17). The molecule has 3 rings (SSSR count). The van der Waals surface area contributed by atoms with E-state index in [1.165, 1.54) is 6.07 Å². The molecule has 1 aromatic carbocycles. The highest BCUT2D eigenvalue weighted by Gasteiger charge is 2.53. The Hall–Kier alpha value is -1.55. The maximum atomic E-state index is 11.9. The van der Waals surface area contributed by atoms with Crippen LogP contribution in [0.25, 0.3) is 0 Å². The lowest BCUT2D eigenvalue weighted by Gasteiger charge is -2.08. The molecule has 4 heteroatoms. The highest BCUT2D eigenvalue weighted by Crippen LogP contribution is 2.41. The lowest BCUT2D eigenvalue weighted by molar-refractivity contribution is 0.0946. The van der Waals surface area contributed by atoms with Crippen molar-refractivity contribution >= 4 is 5.91 Å². The number of piperidine rings is 1. The van der Waals surface area contributed by atoms with Crippen molar-refractivity contribution in [1.82, 2.24) is 10.6 Å². The molecule has 1 aliphatic carbocycles. The van der Waals surface area contributed by atoms with Gasteiger partial charge in [0.15, 0.2) is 0 Å². The zero-order valence-electron chi connectivity index (χ0n) is 9.73. The van der Waals surface area contributed by atoms with Crippen molar-refractivity contribution in [2.45, 2.75) is 13.0 Å². The minimum Gasteiger partial charge on any atom is -0.508 e. The third-order valence-corrected chi connectivity index (χ3v) is 3.86. The highest BCUT2D eigenvalue weighted by atomic mass is 16.3. The van der Waals surface area contributed by atoms with Crippen molar-refractivity contribution in [2.75, 3.05) is 13.1 Å². The van der Waals surface area contributed by atoms with E-state index in [-0.39, 0.29) is 11.7 Å². The number of carbonyl (C=O) groups is 1. The van der Waals surface area contributed by atoms with Crippen LogP contribution in [0.2, 0.25) is 0 Å².